The van der Waals surface area contributed by atoms with Gasteiger partial charge in [-0.05, 0) is 24.1 Å². The average molecular weight is 305 g/mol. The molecule has 1 aromatic heterocycles. The number of nitrogens with one attached hydrogen (secondary N) is 2. The molecule has 18 heavy (non-hydrogen) atoms. The van der Waals surface area contributed by atoms with Crippen molar-refractivity contribution in [2.24, 2.45) is 0 Å². The Morgan fingerprint density at radius 1 is 1.39 bits per heavy atom. The summed E-state index contributed by atoms with van der Waals surface area (Å²) in [6.45, 7) is 1.79. The maximum atomic E-state index is 8.30. The quantitative estimate of drug-likeness (QED) is 0.851. The van der Waals surface area contributed by atoms with Crippen molar-refractivity contribution in [2.75, 3.05) is 11.9 Å². The number of halogens is 1. The van der Waals surface area contributed by atoms with Crippen LogP contribution in [0.1, 0.15) is 6.42 Å². The van der Waals surface area contributed by atoms with Crippen LogP contribution in [0.25, 0.3) is 11.1 Å². The maximum Gasteiger partial charge on any atom is 0.204 e. The van der Waals surface area contributed by atoms with Gasteiger partial charge < -0.3 is 5.32 Å². The minimum Gasteiger partial charge on any atom is -0.356 e. The molecule has 2 aromatic rings. The van der Waals surface area contributed by atoms with Crippen LogP contribution in [-0.2, 0) is 6.54 Å². The summed E-state index contributed by atoms with van der Waals surface area (Å²) in [5.41, 5.74) is 2.40. The zero-order valence-electron chi connectivity index (χ0n) is 9.78. The topological polar surface area (TPSA) is 53.7 Å². The van der Waals surface area contributed by atoms with Crippen molar-refractivity contribution < 1.29 is 0 Å². The summed E-state index contributed by atoms with van der Waals surface area (Å²) in [4.78, 5) is 4.40. The monoisotopic (exact) mass is 304 g/mol. The smallest absolute Gasteiger partial charge is 0.204 e. The molecule has 0 spiro atoms. The molecule has 5 heteroatoms. The van der Waals surface area contributed by atoms with Gasteiger partial charge in [-0.15, -0.1) is 0 Å². The van der Waals surface area contributed by atoms with Gasteiger partial charge in [-0.25, -0.2) is 4.98 Å². The van der Waals surface area contributed by atoms with Crippen molar-refractivity contribution >= 4 is 21.9 Å². The number of aromatic nitrogens is 2. The fourth-order valence-electron chi connectivity index (χ4n) is 2.17. The van der Waals surface area contributed by atoms with E-state index < -0.39 is 0 Å². The summed E-state index contributed by atoms with van der Waals surface area (Å²) in [6.07, 6.45) is 2.81. The molecule has 1 aromatic carbocycles. The first-order valence-electron chi connectivity index (χ1n) is 5.90. The van der Waals surface area contributed by atoms with Crippen molar-refractivity contribution in [3.8, 4) is 11.1 Å². The third-order valence-electron chi connectivity index (χ3n) is 3.07. The van der Waals surface area contributed by atoms with E-state index in [-0.39, 0.29) is 0 Å². The van der Waals surface area contributed by atoms with Crippen molar-refractivity contribution in [3.63, 3.8) is 0 Å². The maximum absolute atomic E-state index is 8.30. The molecule has 0 amide bonds. The molecular weight excluding hydrogens is 292 g/mol. The Morgan fingerprint density at radius 3 is 3.11 bits per heavy atom. The van der Waals surface area contributed by atoms with Crippen molar-refractivity contribution in [2.45, 2.75) is 13.0 Å². The first-order chi connectivity index (χ1) is 8.75. The molecule has 4 nitrogen and oxygen atoms in total. The summed E-state index contributed by atoms with van der Waals surface area (Å²) in [6, 6.07) is 7.97. The van der Waals surface area contributed by atoms with Crippen molar-refractivity contribution in [1.82, 2.24) is 9.55 Å². The second-order valence-corrected chi connectivity index (χ2v) is 5.20. The zero-order valence-corrected chi connectivity index (χ0v) is 11.4. The lowest BCUT2D eigenvalue weighted by atomic mass is 10.1. The van der Waals surface area contributed by atoms with Crippen LogP contribution in [0.5, 0.6) is 0 Å². The summed E-state index contributed by atoms with van der Waals surface area (Å²) in [5, 5.41) is 11.5. The van der Waals surface area contributed by atoms with E-state index in [0.29, 0.717) is 5.49 Å². The summed E-state index contributed by atoms with van der Waals surface area (Å²) < 4.78 is 2.94. The van der Waals surface area contributed by atoms with E-state index in [1.807, 2.05) is 28.8 Å². The number of hydrogen-bond donors (Lipinski definition) is 2. The highest BCUT2D eigenvalue weighted by Crippen LogP contribution is 2.21. The van der Waals surface area contributed by atoms with Crippen LogP contribution in [0, 0.1) is 5.41 Å². The van der Waals surface area contributed by atoms with E-state index in [0.717, 1.165) is 41.1 Å². The lowest BCUT2D eigenvalue weighted by Crippen LogP contribution is -2.30. The van der Waals surface area contributed by atoms with Crippen LogP contribution in [0.2, 0.25) is 0 Å². The van der Waals surface area contributed by atoms with Gasteiger partial charge in [0, 0.05) is 29.3 Å². The number of rotatable bonds is 1. The average Bonchev–Trinajstić information content (AvgIpc) is 2.39. The molecule has 1 aliphatic rings. The van der Waals surface area contributed by atoms with Gasteiger partial charge in [0.05, 0.1) is 0 Å². The first kappa shape index (κ1) is 11.5. The molecule has 0 aliphatic carbocycles. The predicted molar refractivity (Wildman–Crippen MR) is 74.3 cm³/mol. The zero-order chi connectivity index (χ0) is 12.5. The molecule has 0 radical (unpaired) electrons. The van der Waals surface area contributed by atoms with Gasteiger partial charge in [-0.3, -0.25) is 9.98 Å². The first-order valence-corrected chi connectivity index (χ1v) is 6.69. The Morgan fingerprint density at radius 2 is 2.28 bits per heavy atom. The molecule has 1 aliphatic heterocycles. The third kappa shape index (κ3) is 1.95. The fraction of sp³-hybridized carbons (Fsp3) is 0.231. The molecule has 0 atom stereocenters. The van der Waals surface area contributed by atoms with E-state index >= 15 is 0 Å². The summed E-state index contributed by atoms with van der Waals surface area (Å²) >= 11 is 3.46. The number of nitrogens with zero attached hydrogens (tertiary/aromatic N) is 2. The number of benzene rings is 1. The van der Waals surface area contributed by atoms with Crippen LogP contribution in [-0.4, -0.2) is 16.1 Å². The second-order valence-electron chi connectivity index (χ2n) is 4.29. The number of anilines is 1. The van der Waals surface area contributed by atoms with E-state index in [2.05, 4.69) is 26.2 Å². The number of hydrogen-bond acceptors (Lipinski definition) is 3. The van der Waals surface area contributed by atoms with E-state index in [1.54, 1.807) is 6.20 Å². The second kappa shape index (κ2) is 4.57. The van der Waals surface area contributed by atoms with Gasteiger partial charge in [0.25, 0.3) is 0 Å². The van der Waals surface area contributed by atoms with Gasteiger partial charge in [-0.1, -0.05) is 28.1 Å². The van der Waals surface area contributed by atoms with Crippen LogP contribution in [0.4, 0.5) is 5.95 Å². The predicted octanol–water partition coefficient (Wildman–Crippen LogP) is 2.61. The van der Waals surface area contributed by atoms with E-state index in [9.17, 15) is 0 Å². The Balaban J connectivity index is 2.16. The van der Waals surface area contributed by atoms with Crippen molar-refractivity contribution in [3.05, 3.63) is 40.4 Å². The third-order valence-corrected chi connectivity index (χ3v) is 3.57. The molecule has 0 unspecified atom stereocenters. The Labute approximate surface area is 113 Å². The standard InChI is InChI=1S/C13H13BrN4/c14-10-4-1-3-9(7-10)11-8-17-13-16-5-2-6-18(13)12(11)15/h1,3-4,7-8,15H,2,5-6H2,(H,16,17). The largest absolute Gasteiger partial charge is 0.356 e. The minimum absolute atomic E-state index is 0.519. The van der Waals surface area contributed by atoms with E-state index in [4.69, 9.17) is 5.41 Å². The van der Waals surface area contributed by atoms with Gasteiger partial charge in [0.1, 0.15) is 5.49 Å². The highest BCUT2D eigenvalue weighted by molar-refractivity contribution is 9.10. The van der Waals surface area contributed by atoms with Crippen LogP contribution >= 0.6 is 15.9 Å². The molecule has 0 saturated carbocycles. The van der Waals surface area contributed by atoms with Crippen LogP contribution in [0.3, 0.4) is 0 Å². The Kier molecular flexibility index (Phi) is 2.91. The summed E-state index contributed by atoms with van der Waals surface area (Å²) in [7, 11) is 0. The number of fused-ring (bicyclic) bond motifs is 1. The normalized spacial score (nSPS) is 13.8. The van der Waals surface area contributed by atoms with Gasteiger partial charge >= 0.3 is 0 Å². The van der Waals surface area contributed by atoms with Gasteiger partial charge in [0.15, 0.2) is 0 Å². The Hall–Kier alpha value is -1.62. The highest BCUT2D eigenvalue weighted by Gasteiger charge is 2.12. The molecular formula is C13H13BrN4. The molecule has 2 N–H and O–H groups in total. The molecule has 2 heterocycles. The SMILES string of the molecule is N=c1c(-c2cccc(Br)c2)cnc2n1CCCN2. The summed E-state index contributed by atoms with van der Waals surface area (Å²) in [5.74, 6) is 0.796. The highest BCUT2D eigenvalue weighted by atomic mass is 79.9. The van der Waals surface area contributed by atoms with E-state index in [1.165, 1.54) is 0 Å². The van der Waals surface area contributed by atoms with Gasteiger partial charge in [-0.2, -0.15) is 0 Å². The molecule has 92 valence electrons. The lowest BCUT2D eigenvalue weighted by Gasteiger charge is -2.20. The minimum atomic E-state index is 0.519. The Bertz CT molecular complexity index is 648. The van der Waals surface area contributed by atoms with Gasteiger partial charge in [0.2, 0.25) is 5.95 Å². The molecule has 0 saturated heterocycles. The molecule has 0 bridgehead atoms. The van der Waals surface area contributed by atoms with Crippen LogP contribution < -0.4 is 10.8 Å². The molecule has 0 fully saturated rings. The molecule has 3 rings (SSSR count). The lowest BCUT2D eigenvalue weighted by molar-refractivity contribution is 0.585. The van der Waals surface area contributed by atoms with Crippen LogP contribution in [0.15, 0.2) is 34.9 Å². The van der Waals surface area contributed by atoms with Crippen molar-refractivity contribution in [1.29, 1.82) is 5.41 Å². The fourth-order valence-corrected chi connectivity index (χ4v) is 2.57.